The number of benzene rings is 1. The molecule has 2 atom stereocenters. The van der Waals surface area contributed by atoms with Crippen LogP contribution in [0.3, 0.4) is 0 Å². The third kappa shape index (κ3) is 5.47. The number of hydrogen-bond donors (Lipinski definition) is 1. The van der Waals surface area contributed by atoms with Gasteiger partial charge in [0.2, 0.25) is 5.91 Å². The number of hydrogen-bond acceptors (Lipinski definition) is 7. The van der Waals surface area contributed by atoms with E-state index in [1.807, 2.05) is 4.90 Å². The quantitative estimate of drug-likeness (QED) is 0.659. The molecule has 1 N–H and O–H groups in total. The van der Waals surface area contributed by atoms with Crippen LogP contribution in [0, 0.1) is 5.82 Å². The van der Waals surface area contributed by atoms with Crippen molar-refractivity contribution >= 4 is 23.5 Å². The minimum atomic E-state index is -0.525. The number of esters is 2. The molecule has 1 unspecified atom stereocenters. The molecule has 1 aromatic rings. The van der Waals surface area contributed by atoms with E-state index < -0.39 is 18.0 Å². The fourth-order valence-corrected chi connectivity index (χ4v) is 3.87. The second-order valence-electron chi connectivity index (χ2n) is 7.65. The molecule has 0 bridgehead atoms. The van der Waals surface area contributed by atoms with Crippen LogP contribution < -0.4 is 10.2 Å². The Morgan fingerprint density at radius 3 is 2.63 bits per heavy atom. The Hall–Kier alpha value is -2.68. The van der Waals surface area contributed by atoms with E-state index in [9.17, 15) is 18.8 Å². The van der Waals surface area contributed by atoms with E-state index >= 15 is 0 Å². The molecule has 3 rings (SSSR count). The molecule has 2 heterocycles. The summed E-state index contributed by atoms with van der Waals surface area (Å²) in [5, 5.41) is 2.64. The molecule has 164 valence electrons. The summed E-state index contributed by atoms with van der Waals surface area (Å²) in [4.78, 5) is 38.6. The molecule has 30 heavy (non-hydrogen) atoms. The average Bonchev–Trinajstić information content (AvgIpc) is 3.11. The number of piperazine rings is 1. The molecule has 0 aliphatic carbocycles. The van der Waals surface area contributed by atoms with Gasteiger partial charge in [0.15, 0.2) is 0 Å². The highest BCUT2D eigenvalue weighted by atomic mass is 19.1. The number of halogens is 1. The summed E-state index contributed by atoms with van der Waals surface area (Å²) in [5.41, 5.74) is 1.09. The van der Waals surface area contributed by atoms with Gasteiger partial charge in [-0.2, -0.15) is 0 Å². The summed E-state index contributed by atoms with van der Waals surface area (Å²) in [6.45, 7) is 5.07. The second-order valence-corrected chi connectivity index (χ2v) is 7.65. The zero-order valence-corrected chi connectivity index (χ0v) is 17.4. The van der Waals surface area contributed by atoms with Gasteiger partial charge in [-0.3, -0.25) is 19.3 Å². The Bertz CT molecular complexity index is 795. The van der Waals surface area contributed by atoms with Crippen LogP contribution in [0.15, 0.2) is 18.2 Å². The monoisotopic (exact) mass is 421 g/mol. The third-order valence-corrected chi connectivity index (χ3v) is 5.59. The van der Waals surface area contributed by atoms with Gasteiger partial charge < -0.3 is 19.7 Å². The van der Waals surface area contributed by atoms with Crippen molar-refractivity contribution in [2.45, 2.75) is 31.8 Å². The topological polar surface area (TPSA) is 88.2 Å². The summed E-state index contributed by atoms with van der Waals surface area (Å²) in [6.07, 6.45) is 0.365. The van der Waals surface area contributed by atoms with Gasteiger partial charge >= 0.3 is 11.9 Å². The third-order valence-electron chi connectivity index (χ3n) is 5.59. The number of nitrogens with one attached hydrogen (secondary N) is 1. The fraction of sp³-hybridized carbons (Fsp3) is 0.571. The maximum absolute atomic E-state index is 14.8. The standard InChI is InChI=1S/C21H28FN3O5/c1-14(26)23-13-16-12-17(21(28)30-16)15-3-4-19(18(22)11-15)25-9-7-24(8-10-25)6-5-20(27)29-2/h3-4,11,16-17H,5-10,12-13H2,1-2H3,(H,23,26)/t16-,17?/m1/s1. The SMILES string of the molecule is COC(=O)CCN1CCN(c2ccc(C3C[C@H](CNC(C)=O)OC3=O)cc2F)CC1. The van der Waals surface area contributed by atoms with E-state index in [0.29, 0.717) is 43.7 Å². The number of amides is 1. The molecule has 0 saturated carbocycles. The minimum Gasteiger partial charge on any atom is -0.469 e. The van der Waals surface area contributed by atoms with Crippen LogP contribution in [-0.2, 0) is 23.9 Å². The summed E-state index contributed by atoms with van der Waals surface area (Å²) >= 11 is 0. The number of cyclic esters (lactones) is 1. The van der Waals surface area contributed by atoms with E-state index in [1.54, 1.807) is 12.1 Å². The van der Waals surface area contributed by atoms with E-state index in [4.69, 9.17) is 4.74 Å². The number of carbonyl (C=O) groups is 3. The second kappa shape index (κ2) is 9.88. The van der Waals surface area contributed by atoms with Crippen LogP contribution in [-0.4, -0.2) is 75.2 Å². The first kappa shape index (κ1) is 22.0. The lowest BCUT2D eigenvalue weighted by molar-refractivity contribution is -0.143. The lowest BCUT2D eigenvalue weighted by Crippen LogP contribution is -2.47. The highest BCUT2D eigenvalue weighted by Crippen LogP contribution is 2.33. The predicted octanol–water partition coefficient (Wildman–Crippen LogP) is 1.05. The number of nitrogens with zero attached hydrogens (tertiary/aromatic N) is 2. The van der Waals surface area contributed by atoms with Gasteiger partial charge in [-0.15, -0.1) is 0 Å². The fourth-order valence-electron chi connectivity index (χ4n) is 3.87. The van der Waals surface area contributed by atoms with Crippen molar-refractivity contribution in [3.8, 4) is 0 Å². The number of ether oxygens (including phenoxy) is 2. The first-order valence-corrected chi connectivity index (χ1v) is 10.2. The van der Waals surface area contributed by atoms with E-state index in [2.05, 4.69) is 15.0 Å². The van der Waals surface area contributed by atoms with Gasteiger partial charge in [0.05, 0.1) is 31.7 Å². The van der Waals surface area contributed by atoms with Crippen molar-refractivity contribution in [1.82, 2.24) is 10.2 Å². The number of carbonyl (C=O) groups excluding carboxylic acids is 3. The Morgan fingerprint density at radius 1 is 1.27 bits per heavy atom. The highest BCUT2D eigenvalue weighted by molar-refractivity contribution is 5.81. The molecule has 2 aliphatic heterocycles. The Labute approximate surface area is 175 Å². The number of rotatable bonds is 7. The molecule has 0 radical (unpaired) electrons. The Kier molecular flexibility index (Phi) is 7.25. The van der Waals surface area contributed by atoms with Crippen molar-refractivity contribution in [2.75, 3.05) is 51.3 Å². The lowest BCUT2D eigenvalue weighted by Gasteiger charge is -2.36. The van der Waals surface area contributed by atoms with Crippen LogP contribution >= 0.6 is 0 Å². The first-order chi connectivity index (χ1) is 14.4. The van der Waals surface area contributed by atoms with Gasteiger partial charge in [0, 0.05) is 46.1 Å². The zero-order chi connectivity index (χ0) is 21.7. The largest absolute Gasteiger partial charge is 0.469 e. The Morgan fingerprint density at radius 2 is 2.00 bits per heavy atom. The molecule has 2 fully saturated rings. The smallest absolute Gasteiger partial charge is 0.313 e. The minimum absolute atomic E-state index is 0.185. The first-order valence-electron chi connectivity index (χ1n) is 10.2. The molecule has 2 aliphatic rings. The zero-order valence-electron chi connectivity index (χ0n) is 17.4. The van der Waals surface area contributed by atoms with Gasteiger partial charge in [-0.1, -0.05) is 6.07 Å². The van der Waals surface area contributed by atoms with Crippen LogP contribution in [0.5, 0.6) is 0 Å². The van der Waals surface area contributed by atoms with Gasteiger partial charge in [-0.05, 0) is 17.7 Å². The molecule has 1 aromatic carbocycles. The molecule has 8 nitrogen and oxygen atoms in total. The normalized spacial score (nSPS) is 22.0. The number of anilines is 1. The van der Waals surface area contributed by atoms with Crippen LogP contribution in [0.25, 0.3) is 0 Å². The molecule has 0 spiro atoms. The van der Waals surface area contributed by atoms with E-state index in [0.717, 1.165) is 13.1 Å². The molecular formula is C21H28FN3O5. The maximum atomic E-state index is 14.8. The van der Waals surface area contributed by atoms with Crippen LogP contribution in [0.2, 0.25) is 0 Å². The maximum Gasteiger partial charge on any atom is 0.313 e. The summed E-state index contributed by atoms with van der Waals surface area (Å²) in [5.74, 6) is -1.70. The predicted molar refractivity (Wildman–Crippen MR) is 108 cm³/mol. The lowest BCUT2D eigenvalue weighted by atomic mass is 9.95. The molecule has 2 saturated heterocycles. The van der Waals surface area contributed by atoms with Gasteiger partial charge in [0.25, 0.3) is 0 Å². The number of methoxy groups -OCH3 is 1. The Balaban J connectivity index is 1.56. The van der Waals surface area contributed by atoms with Crippen molar-refractivity contribution in [3.05, 3.63) is 29.6 Å². The van der Waals surface area contributed by atoms with Crippen LogP contribution in [0.4, 0.5) is 10.1 Å². The van der Waals surface area contributed by atoms with Gasteiger partial charge in [0.1, 0.15) is 11.9 Å². The summed E-state index contributed by atoms with van der Waals surface area (Å²) < 4.78 is 24.8. The summed E-state index contributed by atoms with van der Waals surface area (Å²) in [7, 11) is 1.38. The highest BCUT2D eigenvalue weighted by Gasteiger charge is 2.36. The summed E-state index contributed by atoms with van der Waals surface area (Å²) in [6, 6.07) is 4.89. The van der Waals surface area contributed by atoms with Crippen LogP contribution in [0.1, 0.15) is 31.2 Å². The molecular weight excluding hydrogens is 393 g/mol. The molecule has 1 amide bonds. The van der Waals surface area contributed by atoms with Crippen molar-refractivity contribution < 1.29 is 28.2 Å². The van der Waals surface area contributed by atoms with E-state index in [-0.39, 0.29) is 24.2 Å². The van der Waals surface area contributed by atoms with Crippen molar-refractivity contribution in [3.63, 3.8) is 0 Å². The molecule has 0 aromatic heterocycles. The van der Waals surface area contributed by atoms with E-state index in [1.165, 1.54) is 20.1 Å². The molecule has 9 heteroatoms. The van der Waals surface area contributed by atoms with Gasteiger partial charge in [-0.25, -0.2) is 4.39 Å². The average molecular weight is 421 g/mol. The van der Waals surface area contributed by atoms with Crippen molar-refractivity contribution in [1.29, 1.82) is 0 Å². The van der Waals surface area contributed by atoms with Crippen molar-refractivity contribution in [2.24, 2.45) is 0 Å².